The Labute approximate surface area is 142 Å². The van der Waals surface area contributed by atoms with Crippen molar-refractivity contribution < 1.29 is 9.18 Å². The van der Waals surface area contributed by atoms with Gasteiger partial charge in [0, 0.05) is 25.7 Å². The molecule has 1 heterocycles. The SMILES string of the molecule is O=C(Cc1ccc(F)cc1)NC1CCN(Cc2ccccc2)CC1. The lowest BCUT2D eigenvalue weighted by molar-refractivity contribution is -0.121. The Kier molecular flexibility index (Phi) is 5.59. The quantitative estimate of drug-likeness (QED) is 0.915. The van der Waals surface area contributed by atoms with E-state index >= 15 is 0 Å². The minimum Gasteiger partial charge on any atom is -0.353 e. The van der Waals surface area contributed by atoms with E-state index in [0.29, 0.717) is 6.42 Å². The fraction of sp³-hybridized carbons (Fsp3) is 0.350. The molecule has 1 aliphatic rings. The van der Waals surface area contributed by atoms with Gasteiger partial charge in [-0.15, -0.1) is 0 Å². The van der Waals surface area contributed by atoms with Crippen LogP contribution in [0.5, 0.6) is 0 Å². The molecule has 0 aliphatic carbocycles. The van der Waals surface area contributed by atoms with Crippen molar-refractivity contribution in [2.75, 3.05) is 13.1 Å². The van der Waals surface area contributed by atoms with E-state index in [4.69, 9.17) is 0 Å². The highest BCUT2D eigenvalue weighted by Crippen LogP contribution is 2.14. The average Bonchev–Trinajstić information content (AvgIpc) is 2.60. The topological polar surface area (TPSA) is 32.3 Å². The fourth-order valence-corrected chi connectivity index (χ4v) is 3.14. The predicted octanol–water partition coefficient (Wildman–Crippen LogP) is 3.15. The van der Waals surface area contributed by atoms with Crippen LogP contribution in [0.4, 0.5) is 4.39 Å². The highest BCUT2D eigenvalue weighted by molar-refractivity contribution is 5.78. The van der Waals surface area contributed by atoms with Crippen LogP contribution in [0.1, 0.15) is 24.0 Å². The van der Waals surface area contributed by atoms with Crippen molar-refractivity contribution in [3.63, 3.8) is 0 Å². The van der Waals surface area contributed by atoms with Gasteiger partial charge in [0.25, 0.3) is 0 Å². The monoisotopic (exact) mass is 326 g/mol. The normalized spacial score (nSPS) is 16.0. The molecule has 4 heteroatoms. The van der Waals surface area contributed by atoms with Crippen LogP contribution in [0, 0.1) is 5.82 Å². The smallest absolute Gasteiger partial charge is 0.224 e. The van der Waals surface area contributed by atoms with Crippen molar-refractivity contribution in [3.05, 3.63) is 71.5 Å². The minimum atomic E-state index is -0.273. The largest absolute Gasteiger partial charge is 0.353 e. The van der Waals surface area contributed by atoms with Gasteiger partial charge < -0.3 is 5.32 Å². The number of likely N-dealkylation sites (tertiary alicyclic amines) is 1. The second kappa shape index (κ2) is 8.06. The molecule has 0 aromatic heterocycles. The van der Waals surface area contributed by atoms with Crippen LogP contribution in [0.2, 0.25) is 0 Å². The summed E-state index contributed by atoms with van der Waals surface area (Å²) in [5.74, 6) is -0.256. The molecule has 0 saturated carbocycles. The third kappa shape index (κ3) is 4.90. The Morgan fingerprint density at radius 2 is 1.67 bits per heavy atom. The second-order valence-electron chi connectivity index (χ2n) is 6.41. The highest BCUT2D eigenvalue weighted by Gasteiger charge is 2.20. The first kappa shape index (κ1) is 16.7. The van der Waals surface area contributed by atoms with Crippen LogP contribution in [0.25, 0.3) is 0 Å². The molecule has 126 valence electrons. The van der Waals surface area contributed by atoms with Gasteiger partial charge in [-0.1, -0.05) is 42.5 Å². The number of piperidine rings is 1. The van der Waals surface area contributed by atoms with E-state index < -0.39 is 0 Å². The maximum atomic E-state index is 12.9. The van der Waals surface area contributed by atoms with E-state index in [0.717, 1.165) is 38.0 Å². The van der Waals surface area contributed by atoms with Gasteiger partial charge in [0.05, 0.1) is 6.42 Å². The predicted molar refractivity (Wildman–Crippen MR) is 93.0 cm³/mol. The number of hydrogen-bond acceptors (Lipinski definition) is 2. The summed E-state index contributed by atoms with van der Waals surface area (Å²) in [5, 5.41) is 3.11. The molecule has 1 amide bonds. The number of hydrogen-bond donors (Lipinski definition) is 1. The summed E-state index contributed by atoms with van der Waals surface area (Å²) in [4.78, 5) is 14.5. The second-order valence-corrected chi connectivity index (χ2v) is 6.41. The van der Waals surface area contributed by atoms with Crippen LogP contribution < -0.4 is 5.32 Å². The first-order valence-electron chi connectivity index (χ1n) is 8.49. The highest BCUT2D eigenvalue weighted by atomic mass is 19.1. The molecular weight excluding hydrogens is 303 g/mol. The summed E-state index contributed by atoms with van der Waals surface area (Å²) in [5.41, 5.74) is 2.17. The minimum absolute atomic E-state index is 0.0168. The molecule has 0 spiro atoms. The van der Waals surface area contributed by atoms with E-state index in [1.165, 1.54) is 17.7 Å². The number of nitrogens with zero attached hydrogens (tertiary/aromatic N) is 1. The number of benzene rings is 2. The van der Waals surface area contributed by atoms with Crippen LogP contribution in [-0.4, -0.2) is 29.9 Å². The summed E-state index contributed by atoms with van der Waals surface area (Å²) in [6.07, 6.45) is 2.26. The third-order valence-corrected chi connectivity index (χ3v) is 4.48. The summed E-state index contributed by atoms with van der Waals surface area (Å²) in [6, 6.07) is 16.8. The average molecular weight is 326 g/mol. The Balaban J connectivity index is 1.41. The van der Waals surface area contributed by atoms with E-state index in [9.17, 15) is 9.18 Å². The zero-order valence-electron chi connectivity index (χ0n) is 13.7. The van der Waals surface area contributed by atoms with E-state index in [-0.39, 0.29) is 17.8 Å². The van der Waals surface area contributed by atoms with Gasteiger partial charge in [0.2, 0.25) is 5.91 Å². The van der Waals surface area contributed by atoms with E-state index in [1.54, 1.807) is 12.1 Å². The summed E-state index contributed by atoms with van der Waals surface area (Å²) in [7, 11) is 0. The molecule has 1 saturated heterocycles. The molecule has 0 unspecified atom stereocenters. The third-order valence-electron chi connectivity index (χ3n) is 4.48. The molecule has 3 rings (SSSR count). The number of carbonyl (C=O) groups excluding carboxylic acids is 1. The van der Waals surface area contributed by atoms with Gasteiger partial charge in [-0.25, -0.2) is 4.39 Å². The zero-order valence-corrected chi connectivity index (χ0v) is 13.7. The Hall–Kier alpha value is -2.20. The van der Waals surface area contributed by atoms with Gasteiger partial charge in [0.15, 0.2) is 0 Å². The van der Waals surface area contributed by atoms with Crippen LogP contribution in [0.3, 0.4) is 0 Å². The molecular formula is C20H23FN2O. The van der Waals surface area contributed by atoms with Crippen molar-refractivity contribution in [2.24, 2.45) is 0 Å². The van der Waals surface area contributed by atoms with Crippen LogP contribution >= 0.6 is 0 Å². The number of nitrogens with one attached hydrogen (secondary N) is 1. The molecule has 1 fully saturated rings. The van der Waals surface area contributed by atoms with Gasteiger partial charge >= 0.3 is 0 Å². The number of rotatable bonds is 5. The summed E-state index contributed by atoms with van der Waals surface area (Å²) < 4.78 is 12.9. The Bertz CT molecular complexity index is 649. The lowest BCUT2D eigenvalue weighted by atomic mass is 10.0. The first-order valence-corrected chi connectivity index (χ1v) is 8.49. The van der Waals surface area contributed by atoms with Gasteiger partial charge in [-0.05, 0) is 36.1 Å². The van der Waals surface area contributed by atoms with Gasteiger partial charge in [-0.3, -0.25) is 9.69 Å². The fourth-order valence-electron chi connectivity index (χ4n) is 3.14. The maximum absolute atomic E-state index is 12.9. The standard InChI is InChI=1S/C20H23FN2O/c21-18-8-6-16(7-9-18)14-20(24)22-19-10-12-23(13-11-19)15-17-4-2-1-3-5-17/h1-9,19H,10-15H2,(H,22,24). The van der Waals surface area contributed by atoms with Gasteiger partial charge in [-0.2, -0.15) is 0 Å². The van der Waals surface area contributed by atoms with E-state index in [2.05, 4.69) is 34.5 Å². The van der Waals surface area contributed by atoms with Crippen molar-refractivity contribution in [3.8, 4) is 0 Å². The Morgan fingerprint density at radius 1 is 1.00 bits per heavy atom. The molecule has 0 bridgehead atoms. The molecule has 2 aromatic rings. The number of carbonyl (C=O) groups is 1. The maximum Gasteiger partial charge on any atom is 0.224 e. The molecule has 0 atom stereocenters. The van der Waals surface area contributed by atoms with Crippen molar-refractivity contribution in [1.82, 2.24) is 10.2 Å². The molecule has 1 aliphatic heterocycles. The van der Waals surface area contributed by atoms with Gasteiger partial charge in [0.1, 0.15) is 5.82 Å². The lowest BCUT2D eigenvalue weighted by Crippen LogP contribution is -2.44. The molecule has 0 radical (unpaired) electrons. The summed E-state index contributed by atoms with van der Waals surface area (Å²) in [6.45, 7) is 2.96. The molecule has 2 aromatic carbocycles. The molecule has 1 N–H and O–H groups in total. The first-order chi connectivity index (χ1) is 11.7. The number of halogens is 1. The van der Waals surface area contributed by atoms with Crippen molar-refractivity contribution in [2.45, 2.75) is 31.8 Å². The van der Waals surface area contributed by atoms with Crippen molar-refractivity contribution >= 4 is 5.91 Å². The summed E-state index contributed by atoms with van der Waals surface area (Å²) >= 11 is 0. The Morgan fingerprint density at radius 3 is 2.33 bits per heavy atom. The van der Waals surface area contributed by atoms with Crippen LogP contribution in [-0.2, 0) is 17.8 Å². The van der Waals surface area contributed by atoms with E-state index in [1.807, 2.05) is 6.07 Å². The van der Waals surface area contributed by atoms with Crippen LogP contribution in [0.15, 0.2) is 54.6 Å². The lowest BCUT2D eigenvalue weighted by Gasteiger charge is -2.32. The van der Waals surface area contributed by atoms with Crippen molar-refractivity contribution in [1.29, 1.82) is 0 Å². The zero-order chi connectivity index (χ0) is 16.8. The number of amides is 1. The molecule has 24 heavy (non-hydrogen) atoms. The molecule has 3 nitrogen and oxygen atoms in total.